The van der Waals surface area contributed by atoms with Gasteiger partial charge in [0.25, 0.3) is 0 Å². The van der Waals surface area contributed by atoms with Crippen LogP contribution in [-0.4, -0.2) is 10.8 Å². The molecule has 10 heavy (non-hydrogen) atoms. The van der Waals surface area contributed by atoms with Crippen molar-refractivity contribution in [3.63, 3.8) is 0 Å². The highest BCUT2D eigenvalue weighted by Gasteiger charge is 2.25. The molecular weight excluding hydrogens is 163 g/mol. The van der Waals surface area contributed by atoms with Crippen LogP contribution >= 0.6 is 18.5 Å². The highest BCUT2D eigenvalue weighted by Crippen LogP contribution is 2.58. The zero-order chi connectivity index (χ0) is 8.36. The van der Waals surface area contributed by atoms with Crippen LogP contribution in [0.15, 0.2) is 0 Å². The van der Waals surface area contributed by atoms with Gasteiger partial charge in [-0.3, -0.25) is 0 Å². The molecule has 0 aromatic carbocycles. The first kappa shape index (κ1) is 10.7. The summed E-state index contributed by atoms with van der Waals surface area (Å²) < 4.78 is 0. The van der Waals surface area contributed by atoms with E-state index >= 15 is 0 Å². The normalized spacial score (nSPS) is 18.6. The molecule has 0 amide bonds. The second kappa shape index (κ2) is 3.93. The molecule has 0 saturated carbocycles. The van der Waals surface area contributed by atoms with E-state index in [4.69, 9.17) is 11.2 Å². The standard InChI is InChI=1S/C8H18ClP/c1-6-7(2)10(9)8(3,4)5/h7H,6H2,1-5H3. The van der Waals surface area contributed by atoms with Gasteiger partial charge in [0.2, 0.25) is 0 Å². The van der Waals surface area contributed by atoms with Gasteiger partial charge in [0.15, 0.2) is 0 Å². The van der Waals surface area contributed by atoms with Crippen LogP contribution in [0.3, 0.4) is 0 Å². The Morgan fingerprint density at radius 1 is 1.40 bits per heavy atom. The predicted octanol–water partition coefficient (Wildman–Crippen LogP) is 4.22. The maximum atomic E-state index is 6.27. The lowest BCUT2D eigenvalue weighted by atomic mass is 10.3. The van der Waals surface area contributed by atoms with E-state index in [2.05, 4.69) is 34.6 Å². The van der Waals surface area contributed by atoms with Crippen LogP contribution in [0.4, 0.5) is 0 Å². The average molecular weight is 181 g/mol. The molecule has 0 heterocycles. The largest absolute Gasteiger partial charge is 0.0956 e. The maximum absolute atomic E-state index is 6.27. The second-order valence-corrected chi connectivity index (χ2v) is 7.68. The van der Waals surface area contributed by atoms with Crippen LogP contribution in [0.25, 0.3) is 0 Å². The molecule has 0 rings (SSSR count). The van der Waals surface area contributed by atoms with Crippen molar-refractivity contribution in [3.05, 3.63) is 0 Å². The molecule has 0 nitrogen and oxygen atoms in total. The quantitative estimate of drug-likeness (QED) is 0.559. The third-order valence-electron chi connectivity index (χ3n) is 1.62. The summed E-state index contributed by atoms with van der Waals surface area (Å²) in [4.78, 5) is 0. The third kappa shape index (κ3) is 3.21. The van der Waals surface area contributed by atoms with Crippen molar-refractivity contribution < 1.29 is 0 Å². The van der Waals surface area contributed by atoms with Gasteiger partial charge in [0, 0.05) is 0 Å². The average Bonchev–Trinajstić information content (AvgIpc) is 1.83. The number of rotatable bonds is 2. The van der Waals surface area contributed by atoms with E-state index < -0.39 is 0 Å². The SMILES string of the molecule is CCC(C)P(Cl)C(C)(C)C. The minimum absolute atomic E-state index is 0.311. The minimum atomic E-state index is -0.311. The second-order valence-electron chi connectivity index (χ2n) is 3.74. The molecule has 0 bridgehead atoms. The summed E-state index contributed by atoms with van der Waals surface area (Å²) in [6, 6.07) is 0. The van der Waals surface area contributed by atoms with Crippen molar-refractivity contribution >= 4 is 18.5 Å². The van der Waals surface area contributed by atoms with E-state index in [1.807, 2.05) is 0 Å². The molecule has 62 valence electrons. The van der Waals surface area contributed by atoms with Crippen molar-refractivity contribution in [1.29, 1.82) is 0 Å². The van der Waals surface area contributed by atoms with Crippen LogP contribution < -0.4 is 0 Å². The molecule has 0 aliphatic carbocycles. The topological polar surface area (TPSA) is 0 Å². The Morgan fingerprint density at radius 2 is 1.80 bits per heavy atom. The van der Waals surface area contributed by atoms with Gasteiger partial charge in [0.1, 0.15) is 0 Å². The zero-order valence-electron chi connectivity index (χ0n) is 7.61. The molecule has 0 fully saturated rings. The van der Waals surface area contributed by atoms with E-state index in [1.54, 1.807) is 0 Å². The first-order valence-electron chi connectivity index (χ1n) is 3.84. The molecule has 2 heteroatoms. The number of hydrogen-bond donors (Lipinski definition) is 0. The van der Waals surface area contributed by atoms with E-state index in [1.165, 1.54) is 6.42 Å². The highest BCUT2D eigenvalue weighted by molar-refractivity contribution is 7.85. The molecule has 0 aromatic rings. The lowest BCUT2D eigenvalue weighted by Gasteiger charge is -2.29. The van der Waals surface area contributed by atoms with Crippen molar-refractivity contribution in [2.24, 2.45) is 0 Å². The smallest absolute Gasteiger partial charge is 0.00136 e. The van der Waals surface area contributed by atoms with Gasteiger partial charge in [-0.15, -0.1) is 0 Å². The molecular formula is C8H18ClP. The Balaban J connectivity index is 3.94. The van der Waals surface area contributed by atoms with Crippen molar-refractivity contribution in [3.8, 4) is 0 Å². The van der Waals surface area contributed by atoms with E-state index in [0.29, 0.717) is 10.8 Å². The minimum Gasteiger partial charge on any atom is -0.0956 e. The fourth-order valence-electron chi connectivity index (χ4n) is 0.821. The molecule has 2 unspecified atom stereocenters. The molecule has 0 radical (unpaired) electrons. The van der Waals surface area contributed by atoms with Gasteiger partial charge >= 0.3 is 0 Å². The van der Waals surface area contributed by atoms with Crippen molar-refractivity contribution in [2.45, 2.75) is 51.9 Å². The molecule has 0 aromatic heterocycles. The van der Waals surface area contributed by atoms with Gasteiger partial charge in [0.05, 0.1) is 0 Å². The Morgan fingerprint density at radius 3 is 1.90 bits per heavy atom. The molecule has 0 aliphatic heterocycles. The van der Waals surface area contributed by atoms with E-state index in [-0.39, 0.29) is 7.27 Å². The van der Waals surface area contributed by atoms with Crippen molar-refractivity contribution in [2.75, 3.05) is 0 Å². The summed E-state index contributed by atoms with van der Waals surface area (Å²) in [5.41, 5.74) is 0.691. The number of hydrogen-bond acceptors (Lipinski definition) is 0. The summed E-state index contributed by atoms with van der Waals surface area (Å²) in [6.45, 7) is 11.1. The summed E-state index contributed by atoms with van der Waals surface area (Å²) >= 11 is 6.27. The maximum Gasteiger partial charge on any atom is -0.00136 e. The predicted molar refractivity (Wildman–Crippen MR) is 52.3 cm³/mol. The van der Waals surface area contributed by atoms with Crippen LogP contribution in [0.5, 0.6) is 0 Å². The van der Waals surface area contributed by atoms with Gasteiger partial charge in [-0.05, 0) is 24.5 Å². The Hall–Kier alpha value is 0.720. The monoisotopic (exact) mass is 180 g/mol. The summed E-state index contributed by atoms with van der Waals surface area (Å²) in [5, 5.41) is 0.312. The lowest BCUT2D eigenvalue weighted by molar-refractivity contribution is 0.764. The lowest BCUT2D eigenvalue weighted by Crippen LogP contribution is -2.14. The van der Waals surface area contributed by atoms with Gasteiger partial charge in [-0.2, -0.15) is 0 Å². The first-order chi connectivity index (χ1) is 4.39. The Kier molecular flexibility index (Phi) is 4.21. The summed E-state index contributed by atoms with van der Waals surface area (Å²) in [5.74, 6) is 0. The summed E-state index contributed by atoms with van der Waals surface area (Å²) in [7, 11) is -0.311. The van der Waals surface area contributed by atoms with E-state index in [0.717, 1.165) is 0 Å². The summed E-state index contributed by atoms with van der Waals surface area (Å²) in [6.07, 6.45) is 1.20. The fourth-order valence-corrected chi connectivity index (χ4v) is 2.88. The van der Waals surface area contributed by atoms with Gasteiger partial charge in [-0.1, -0.05) is 45.9 Å². The Labute approximate surface area is 70.9 Å². The third-order valence-corrected chi connectivity index (χ3v) is 6.56. The molecule has 0 N–H and O–H groups in total. The van der Waals surface area contributed by atoms with Crippen LogP contribution in [0.2, 0.25) is 0 Å². The highest BCUT2D eigenvalue weighted by atomic mass is 35.7. The first-order valence-corrected chi connectivity index (χ1v) is 6.16. The number of halogens is 1. The van der Waals surface area contributed by atoms with Gasteiger partial charge < -0.3 is 0 Å². The molecule has 0 saturated heterocycles. The fraction of sp³-hybridized carbons (Fsp3) is 1.00. The zero-order valence-corrected chi connectivity index (χ0v) is 9.26. The van der Waals surface area contributed by atoms with Crippen LogP contribution in [0, 0.1) is 0 Å². The van der Waals surface area contributed by atoms with Crippen LogP contribution in [0.1, 0.15) is 41.0 Å². The molecule has 2 atom stereocenters. The Bertz CT molecular complexity index is 95.9. The van der Waals surface area contributed by atoms with Gasteiger partial charge in [-0.25, -0.2) is 0 Å². The molecule has 0 spiro atoms. The molecule has 0 aliphatic rings. The van der Waals surface area contributed by atoms with Crippen molar-refractivity contribution in [1.82, 2.24) is 0 Å². The van der Waals surface area contributed by atoms with Crippen LogP contribution in [-0.2, 0) is 0 Å². The van der Waals surface area contributed by atoms with E-state index in [9.17, 15) is 0 Å².